The summed E-state index contributed by atoms with van der Waals surface area (Å²) in [6, 6.07) is 13.7. The number of halogens is 3. The summed E-state index contributed by atoms with van der Waals surface area (Å²) in [6.07, 6.45) is 0. The summed E-state index contributed by atoms with van der Waals surface area (Å²) < 4.78 is 16.8. The molecule has 29 heavy (non-hydrogen) atoms. The van der Waals surface area contributed by atoms with Crippen LogP contribution in [0.2, 0.25) is 5.02 Å². The summed E-state index contributed by atoms with van der Waals surface area (Å²) in [6.45, 7) is 7.01. The number of hydrogen-bond acceptors (Lipinski definition) is 5. The SMILES string of the molecule is COc1cc(CNCCN2CCOCC2)ccc1OCc1ccc(Cl)cc1.Cl.Cl. The molecule has 0 aromatic heterocycles. The number of rotatable bonds is 9. The predicted octanol–water partition coefficient (Wildman–Crippen LogP) is 4.19. The normalized spacial score (nSPS) is 13.9. The molecule has 2 aromatic carbocycles. The molecule has 1 N–H and O–H groups in total. The van der Waals surface area contributed by atoms with Crippen molar-refractivity contribution in [2.24, 2.45) is 0 Å². The van der Waals surface area contributed by atoms with Gasteiger partial charge in [0.1, 0.15) is 6.61 Å². The molecular formula is C21H29Cl3N2O3. The van der Waals surface area contributed by atoms with Crippen molar-refractivity contribution in [2.75, 3.05) is 46.5 Å². The van der Waals surface area contributed by atoms with Crippen molar-refractivity contribution in [3.05, 3.63) is 58.6 Å². The molecule has 0 bridgehead atoms. The summed E-state index contributed by atoms with van der Waals surface area (Å²) in [5, 5.41) is 4.22. The van der Waals surface area contributed by atoms with E-state index in [4.69, 9.17) is 25.8 Å². The minimum atomic E-state index is 0. The molecule has 1 aliphatic rings. The first-order valence-electron chi connectivity index (χ1n) is 9.29. The highest BCUT2D eigenvalue weighted by atomic mass is 35.5. The number of hydrogen-bond donors (Lipinski definition) is 1. The van der Waals surface area contributed by atoms with E-state index in [2.05, 4.69) is 16.3 Å². The molecule has 162 valence electrons. The lowest BCUT2D eigenvalue weighted by Crippen LogP contribution is -2.40. The summed E-state index contributed by atoms with van der Waals surface area (Å²) in [7, 11) is 1.67. The molecular weight excluding hydrogens is 435 g/mol. The van der Waals surface area contributed by atoms with Gasteiger partial charge in [-0.25, -0.2) is 0 Å². The Kier molecular flexibility index (Phi) is 12.4. The van der Waals surface area contributed by atoms with Gasteiger partial charge in [0.25, 0.3) is 0 Å². The fourth-order valence-electron chi connectivity index (χ4n) is 2.98. The lowest BCUT2D eigenvalue weighted by molar-refractivity contribution is 0.0384. The average Bonchev–Trinajstić information content (AvgIpc) is 2.72. The molecule has 5 nitrogen and oxygen atoms in total. The number of nitrogens with zero attached hydrogens (tertiary/aromatic N) is 1. The topological polar surface area (TPSA) is 43.0 Å². The van der Waals surface area contributed by atoms with Gasteiger partial charge >= 0.3 is 0 Å². The second kappa shape index (κ2) is 13.9. The van der Waals surface area contributed by atoms with Gasteiger partial charge in [-0.2, -0.15) is 0 Å². The Morgan fingerprint density at radius 3 is 2.38 bits per heavy atom. The summed E-state index contributed by atoms with van der Waals surface area (Å²) in [4.78, 5) is 2.42. The van der Waals surface area contributed by atoms with Crippen molar-refractivity contribution in [1.29, 1.82) is 0 Å². The van der Waals surface area contributed by atoms with Crippen LogP contribution in [0.1, 0.15) is 11.1 Å². The van der Waals surface area contributed by atoms with Crippen LogP contribution in [0.25, 0.3) is 0 Å². The Bertz CT molecular complexity index is 711. The third kappa shape index (κ3) is 8.59. The van der Waals surface area contributed by atoms with Crippen LogP contribution >= 0.6 is 36.4 Å². The van der Waals surface area contributed by atoms with Gasteiger partial charge in [0.15, 0.2) is 11.5 Å². The predicted molar refractivity (Wildman–Crippen MR) is 122 cm³/mol. The average molecular weight is 464 g/mol. The van der Waals surface area contributed by atoms with Gasteiger partial charge in [-0.1, -0.05) is 29.8 Å². The van der Waals surface area contributed by atoms with E-state index in [1.54, 1.807) is 7.11 Å². The minimum Gasteiger partial charge on any atom is -0.493 e. The Labute approximate surface area is 190 Å². The van der Waals surface area contributed by atoms with E-state index < -0.39 is 0 Å². The van der Waals surface area contributed by atoms with Crippen LogP contribution in [0.5, 0.6) is 11.5 Å². The number of nitrogens with one attached hydrogen (secondary N) is 1. The standard InChI is InChI=1S/C21H27ClN2O3.2ClH/c1-25-21-14-18(15-23-8-9-24-10-12-26-13-11-24)4-7-20(21)27-16-17-2-5-19(22)6-3-17;;/h2-7,14,23H,8-13,15-16H2,1H3;2*1H. The van der Waals surface area contributed by atoms with Gasteiger partial charge in [0, 0.05) is 37.7 Å². The number of ether oxygens (including phenoxy) is 3. The lowest BCUT2D eigenvalue weighted by atomic mass is 10.2. The highest BCUT2D eigenvalue weighted by molar-refractivity contribution is 6.30. The molecule has 0 spiro atoms. The van der Waals surface area contributed by atoms with E-state index in [1.165, 1.54) is 5.56 Å². The summed E-state index contributed by atoms with van der Waals surface area (Å²) >= 11 is 5.92. The van der Waals surface area contributed by atoms with Crippen LogP contribution in [0, 0.1) is 0 Å². The van der Waals surface area contributed by atoms with Crippen molar-refractivity contribution in [3.8, 4) is 11.5 Å². The fourth-order valence-corrected chi connectivity index (χ4v) is 3.10. The van der Waals surface area contributed by atoms with E-state index >= 15 is 0 Å². The lowest BCUT2D eigenvalue weighted by Gasteiger charge is -2.26. The molecule has 2 aromatic rings. The van der Waals surface area contributed by atoms with E-state index in [1.807, 2.05) is 36.4 Å². The molecule has 1 aliphatic heterocycles. The molecule has 1 saturated heterocycles. The van der Waals surface area contributed by atoms with Gasteiger partial charge < -0.3 is 19.5 Å². The largest absolute Gasteiger partial charge is 0.493 e. The molecule has 0 atom stereocenters. The number of morpholine rings is 1. The smallest absolute Gasteiger partial charge is 0.161 e. The quantitative estimate of drug-likeness (QED) is 0.565. The van der Waals surface area contributed by atoms with Gasteiger partial charge in [-0.05, 0) is 35.4 Å². The van der Waals surface area contributed by atoms with Crippen LogP contribution in [0.4, 0.5) is 0 Å². The van der Waals surface area contributed by atoms with Gasteiger partial charge in [-0.15, -0.1) is 24.8 Å². The molecule has 0 amide bonds. The maximum atomic E-state index is 5.92. The van der Waals surface area contributed by atoms with Crippen molar-refractivity contribution in [2.45, 2.75) is 13.2 Å². The van der Waals surface area contributed by atoms with E-state index in [9.17, 15) is 0 Å². The first-order valence-corrected chi connectivity index (χ1v) is 9.67. The second-order valence-electron chi connectivity index (χ2n) is 6.53. The van der Waals surface area contributed by atoms with Crippen LogP contribution in [-0.4, -0.2) is 51.4 Å². The third-order valence-electron chi connectivity index (χ3n) is 4.57. The molecule has 8 heteroatoms. The first kappa shape index (κ1) is 25.8. The Morgan fingerprint density at radius 2 is 1.69 bits per heavy atom. The maximum absolute atomic E-state index is 5.92. The van der Waals surface area contributed by atoms with Crippen molar-refractivity contribution < 1.29 is 14.2 Å². The molecule has 0 saturated carbocycles. The maximum Gasteiger partial charge on any atom is 0.161 e. The minimum absolute atomic E-state index is 0. The molecule has 3 rings (SSSR count). The van der Waals surface area contributed by atoms with E-state index in [-0.39, 0.29) is 24.8 Å². The van der Waals surface area contributed by atoms with Crippen molar-refractivity contribution in [1.82, 2.24) is 10.2 Å². The van der Waals surface area contributed by atoms with E-state index in [0.717, 1.165) is 68.0 Å². The van der Waals surface area contributed by atoms with E-state index in [0.29, 0.717) is 6.61 Å². The Morgan fingerprint density at radius 1 is 1.00 bits per heavy atom. The Balaban J connectivity index is 0.00000210. The van der Waals surface area contributed by atoms with Gasteiger partial charge in [0.2, 0.25) is 0 Å². The molecule has 1 fully saturated rings. The first-order chi connectivity index (χ1) is 13.2. The fraction of sp³-hybridized carbons (Fsp3) is 0.429. The summed E-state index contributed by atoms with van der Waals surface area (Å²) in [5.41, 5.74) is 2.24. The summed E-state index contributed by atoms with van der Waals surface area (Å²) in [5.74, 6) is 1.49. The zero-order chi connectivity index (χ0) is 18.9. The number of benzene rings is 2. The van der Waals surface area contributed by atoms with Gasteiger partial charge in [0.05, 0.1) is 20.3 Å². The van der Waals surface area contributed by atoms with Crippen LogP contribution in [-0.2, 0) is 17.9 Å². The molecule has 0 aliphatic carbocycles. The van der Waals surface area contributed by atoms with Crippen molar-refractivity contribution >= 4 is 36.4 Å². The van der Waals surface area contributed by atoms with Crippen LogP contribution < -0.4 is 14.8 Å². The highest BCUT2D eigenvalue weighted by Gasteiger charge is 2.10. The zero-order valence-electron chi connectivity index (χ0n) is 16.6. The van der Waals surface area contributed by atoms with Crippen LogP contribution in [0.15, 0.2) is 42.5 Å². The van der Waals surface area contributed by atoms with Crippen LogP contribution in [0.3, 0.4) is 0 Å². The molecule has 0 unspecified atom stereocenters. The van der Waals surface area contributed by atoms with Gasteiger partial charge in [-0.3, -0.25) is 4.90 Å². The number of methoxy groups -OCH3 is 1. The Hall–Kier alpha value is -1.21. The van der Waals surface area contributed by atoms with Crippen molar-refractivity contribution in [3.63, 3.8) is 0 Å². The monoisotopic (exact) mass is 462 g/mol. The third-order valence-corrected chi connectivity index (χ3v) is 4.83. The zero-order valence-corrected chi connectivity index (χ0v) is 19.0. The highest BCUT2D eigenvalue weighted by Crippen LogP contribution is 2.29. The second-order valence-corrected chi connectivity index (χ2v) is 6.97. The molecule has 1 heterocycles. The molecule has 0 radical (unpaired) electrons.